The summed E-state index contributed by atoms with van der Waals surface area (Å²) in [4.78, 5) is 0. The van der Waals surface area contributed by atoms with Gasteiger partial charge >= 0.3 is 0 Å². The zero-order chi connectivity index (χ0) is 7.98. The maximum Gasteiger partial charge on any atom is 0.135 e. The minimum Gasteiger partial charge on any atom is -0.346 e. The summed E-state index contributed by atoms with van der Waals surface area (Å²) in [6, 6.07) is 0. The molecule has 0 fully saturated rings. The molecule has 0 aliphatic carbocycles. The summed E-state index contributed by atoms with van der Waals surface area (Å²) < 4.78 is 0.725. The second-order valence-electron chi connectivity index (χ2n) is 1.17. The third-order valence-corrected chi connectivity index (χ3v) is 0.908. The number of hydrogen-bond acceptors (Lipinski definition) is 2. The average molecular weight is 209 g/mol. The predicted molar refractivity (Wildman–Crippen MR) is 57.3 cm³/mol. The highest BCUT2D eigenvalue weighted by molar-refractivity contribution is 8.11. The molecular weight excluding hydrogens is 204 g/mol. The lowest BCUT2D eigenvalue weighted by Gasteiger charge is -1.93. The number of hydrogen-bond donors (Lipinski definition) is 4. The van der Waals surface area contributed by atoms with E-state index in [-0.39, 0.29) is 0 Å². The smallest absolute Gasteiger partial charge is 0.135 e. The van der Waals surface area contributed by atoms with Crippen molar-refractivity contribution in [2.24, 2.45) is 0 Å². The first-order valence-corrected chi connectivity index (χ1v) is 3.89. The van der Waals surface area contributed by atoms with Crippen LogP contribution in [-0.2, 0) is 0 Å². The van der Waals surface area contributed by atoms with Gasteiger partial charge in [0.15, 0.2) is 0 Å². The molecule has 0 aromatic rings. The van der Waals surface area contributed by atoms with Crippen LogP contribution in [0.2, 0.25) is 0 Å². The molecule has 0 saturated heterocycles. The molecule has 0 aromatic carbocycles. The molecule has 0 aliphatic heterocycles. The fraction of sp³-hybridized carbons (Fsp3) is 0. The van der Waals surface area contributed by atoms with Gasteiger partial charge in [-0.2, -0.15) is 0 Å². The van der Waals surface area contributed by atoms with Crippen molar-refractivity contribution in [2.75, 3.05) is 0 Å². The molecule has 6 heteroatoms. The third-order valence-electron chi connectivity index (χ3n) is 0.447. The SMILES string of the molecule is S=C(S)N[C]=CNC(=S)S. The van der Waals surface area contributed by atoms with Crippen molar-refractivity contribution in [1.82, 2.24) is 10.6 Å². The normalized spacial score (nSPS) is 9.40. The molecule has 2 N–H and O–H groups in total. The summed E-state index contributed by atoms with van der Waals surface area (Å²) in [5, 5.41) is 5.14. The van der Waals surface area contributed by atoms with Gasteiger partial charge < -0.3 is 10.6 Å². The Bertz CT molecular complexity index is 147. The highest BCUT2D eigenvalue weighted by atomic mass is 32.1. The minimum absolute atomic E-state index is 0.350. The van der Waals surface area contributed by atoms with Crippen LogP contribution < -0.4 is 10.6 Å². The van der Waals surface area contributed by atoms with Crippen molar-refractivity contribution >= 4 is 58.3 Å². The van der Waals surface area contributed by atoms with Crippen LogP contribution >= 0.6 is 49.7 Å². The van der Waals surface area contributed by atoms with Gasteiger partial charge in [0.25, 0.3) is 0 Å². The van der Waals surface area contributed by atoms with E-state index in [1.54, 1.807) is 0 Å². The molecule has 1 radical (unpaired) electrons. The summed E-state index contributed by atoms with van der Waals surface area (Å²) in [5.74, 6) is 0. The maximum atomic E-state index is 4.58. The van der Waals surface area contributed by atoms with E-state index in [0.717, 1.165) is 0 Å². The Labute approximate surface area is 81.3 Å². The molecule has 0 heterocycles. The van der Waals surface area contributed by atoms with Gasteiger partial charge in [-0.3, -0.25) is 0 Å². The number of nitrogens with one attached hydrogen (secondary N) is 2. The first-order valence-electron chi connectivity index (χ1n) is 2.18. The number of rotatable bonds is 2. The van der Waals surface area contributed by atoms with E-state index < -0.39 is 0 Å². The monoisotopic (exact) mass is 209 g/mol. The molecule has 10 heavy (non-hydrogen) atoms. The largest absolute Gasteiger partial charge is 0.346 e. The van der Waals surface area contributed by atoms with Crippen molar-refractivity contribution in [2.45, 2.75) is 0 Å². The molecule has 0 saturated carbocycles. The predicted octanol–water partition coefficient (Wildman–Crippen LogP) is 0.869. The van der Waals surface area contributed by atoms with Crippen molar-refractivity contribution in [3.63, 3.8) is 0 Å². The fourth-order valence-electron chi connectivity index (χ4n) is 0.196. The van der Waals surface area contributed by atoms with Crippen LogP contribution in [0.3, 0.4) is 0 Å². The lowest BCUT2D eigenvalue weighted by Crippen LogP contribution is -2.12. The van der Waals surface area contributed by atoms with Crippen molar-refractivity contribution < 1.29 is 0 Å². The summed E-state index contributed by atoms with van der Waals surface area (Å²) in [7, 11) is 0. The summed E-state index contributed by atoms with van der Waals surface area (Å²) >= 11 is 16.7. The summed E-state index contributed by atoms with van der Waals surface area (Å²) in [5.41, 5.74) is 0. The minimum atomic E-state index is 0.350. The van der Waals surface area contributed by atoms with Crippen LogP contribution in [-0.4, -0.2) is 8.64 Å². The van der Waals surface area contributed by atoms with Gasteiger partial charge in [-0.05, 0) is 0 Å². The van der Waals surface area contributed by atoms with Gasteiger partial charge in [-0.1, -0.05) is 24.4 Å². The molecule has 0 aliphatic rings. The van der Waals surface area contributed by atoms with Crippen LogP contribution in [0.5, 0.6) is 0 Å². The third kappa shape index (κ3) is 8.22. The van der Waals surface area contributed by atoms with E-state index in [4.69, 9.17) is 0 Å². The standard InChI is InChI=1S/C4H5N2S4/c7-3(8)5-1-2-6-4(9)10/h1H,(H2,5,7,8)(H2,6,9,10). The maximum absolute atomic E-state index is 4.58. The average Bonchev–Trinajstić information content (AvgIpc) is 1.79. The van der Waals surface area contributed by atoms with E-state index >= 15 is 0 Å². The van der Waals surface area contributed by atoms with Crippen LogP contribution in [0.4, 0.5) is 0 Å². The van der Waals surface area contributed by atoms with E-state index in [1.807, 2.05) is 0 Å². The number of thiocarbonyl (C=S) groups is 2. The van der Waals surface area contributed by atoms with E-state index in [9.17, 15) is 0 Å². The lowest BCUT2D eigenvalue weighted by atomic mass is 10.9. The van der Waals surface area contributed by atoms with Crippen LogP contribution in [0.1, 0.15) is 0 Å². The second-order valence-corrected chi connectivity index (χ2v) is 3.48. The molecule has 55 valence electrons. The lowest BCUT2D eigenvalue weighted by molar-refractivity contribution is 1.21. The summed E-state index contributed by atoms with van der Waals surface area (Å²) in [6.07, 6.45) is 4.03. The van der Waals surface area contributed by atoms with Gasteiger partial charge in [-0.25, -0.2) is 0 Å². The number of thiol groups is 2. The molecule has 0 atom stereocenters. The van der Waals surface area contributed by atoms with E-state index in [0.29, 0.717) is 8.64 Å². The quantitative estimate of drug-likeness (QED) is 0.308. The van der Waals surface area contributed by atoms with Crippen LogP contribution in [0.15, 0.2) is 6.20 Å². The van der Waals surface area contributed by atoms with Gasteiger partial charge in [0.05, 0.1) is 6.20 Å². The van der Waals surface area contributed by atoms with E-state index in [2.05, 4.69) is 66.5 Å². The Hall–Kier alpha value is 0.220. The Morgan fingerprint density at radius 2 is 1.90 bits per heavy atom. The molecule has 0 bridgehead atoms. The van der Waals surface area contributed by atoms with Gasteiger partial charge in [0.2, 0.25) is 0 Å². The Kier molecular flexibility index (Phi) is 6.10. The van der Waals surface area contributed by atoms with Crippen LogP contribution in [0, 0.1) is 6.20 Å². The second kappa shape index (κ2) is 5.96. The van der Waals surface area contributed by atoms with Crippen molar-refractivity contribution in [3.05, 3.63) is 12.4 Å². The van der Waals surface area contributed by atoms with Gasteiger partial charge in [0, 0.05) is 6.20 Å². The summed E-state index contributed by atoms with van der Waals surface area (Å²) in [6.45, 7) is 0. The fourth-order valence-corrected chi connectivity index (χ4v) is 0.443. The Morgan fingerprint density at radius 3 is 2.30 bits per heavy atom. The molecule has 0 unspecified atom stereocenters. The van der Waals surface area contributed by atoms with E-state index in [1.165, 1.54) is 6.20 Å². The molecule has 0 amide bonds. The highest BCUT2D eigenvalue weighted by Crippen LogP contribution is 1.77. The molecule has 0 spiro atoms. The van der Waals surface area contributed by atoms with Crippen LogP contribution in [0.25, 0.3) is 0 Å². The van der Waals surface area contributed by atoms with Gasteiger partial charge in [-0.15, -0.1) is 25.3 Å². The first kappa shape index (κ1) is 10.2. The molecule has 0 rings (SSSR count). The topological polar surface area (TPSA) is 24.1 Å². The molecule has 2 nitrogen and oxygen atoms in total. The molecular formula is C4H5N2S4. The van der Waals surface area contributed by atoms with Gasteiger partial charge in [0.1, 0.15) is 8.64 Å². The molecule has 0 aromatic heterocycles. The first-order chi connectivity index (χ1) is 4.63. The van der Waals surface area contributed by atoms with Crippen molar-refractivity contribution in [3.8, 4) is 0 Å². The zero-order valence-electron chi connectivity index (χ0n) is 4.79. The Morgan fingerprint density at radius 1 is 1.30 bits per heavy atom. The Balaban J connectivity index is 3.38. The zero-order valence-corrected chi connectivity index (χ0v) is 8.21. The van der Waals surface area contributed by atoms with Crippen molar-refractivity contribution in [1.29, 1.82) is 0 Å². The highest BCUT2D eigenvalue weighted by Gasteiger charge is 1.80.